The molecular weight excluding hydrogens is 441 g/mol. The SMILES string of the molecule is CCCC/C(=C/c1cc2c(ccc3sccc32)s1)c1cc2c(ccc3sccc32)s1. The van der Waals surface area contributed by atoms with Crippen molar-refractivity contribution in [2.75, 3.05) is 0 Å². The van der Waals surface area contributed by atoms with Crippen molar-refractivity contribution < 1.29 is 0 Å². The number of benzene rings is 2. The van der Waals surface area contributed by atoms with Crippen LogP contribution in [0.25, 0.3) is 52.0 Å². The molecular formula is C26H20S4. The van der Waals surface area contributed by atoms with Crippen LogP contribution in [-0.2, 0) is 0 Å². The molecule has 4 heteroatoms. The molecule has 0 aliphatic rings. The van der Waals surface area contributed by atoms with E-state index in [0.717, 1.165) is 6.42 Å². The summed E-state index contributed by atoms with van der Waals surface area (Å²) in [7, 11) is 0. The first-order chi connectivity index (χ1) is 14.8. The van der Waals surface area contributed by atoms with Crippen LogP contribution < -0.4 is 0 Å². The van der Waals surface area contributed by atoms with Gasteiger partial charge in [0.2, 0.25) is 0 Å². The lowest BCUT2D eigenvalue weighted by Crippen LogP contribution is -1.81. The Morgan fingerprint density at radius 1 is 0.733 bits per heavy atom. The normalized spacial score (nSPS) is 12.8. The monoisotopic (exact) mass is 460 g/mol. The Bertz CT molecular complexity index is 1530. The third kappa shape index (κ3) is 3.14. The van der Waals surface area contributed by atoms with Crippen LogP contribution >= 0.6 is 45.3 Å². The highest BCUT2D eigenvalue weighted by Crippen LogP contribution is 2.40. The first-order valence-corrected chi connectivity index (χ1v) is 13.7. The van der Waals surface area contributed by atoms with Crippen LogP contribution in [0, 0.1) is 0 Å². The van der Waals surface area contributed by atoms with Crippen molar-refractivity contribution in [2.24, 2.45) is 0 Å². The molecule has 6 rings (SSSR count). The van der Waals surface area contributed by atoms with Gasteiger partial charge in [0, 0.05) is 50.1 Å². The molecule has 6 aromatic rings. The second-order valence-corrected chi connectivity index (χ2v) is 11.7. The number of rotatable bonds is 5. The van der Waals surface area contributed by atoms with E-state index in [-0.39, 0.29) is 0 Å². The molecule has 0 spiro atoms. The van der Waals surface area contributed by atoms with Gasteiger partial charge in [0.1, 0.15) is 0 Å². The van der Waals surface area contributed by atoms with E-state index in [0.29, 0.717) is 0 Å². The van der Waals surface area contributed by atoms with Crippen LogP contribution in [-0.4, -0.2) is 0 Å². The second kappa shape index (κ2) is 7.61. The van der Waals surface area contributed by atoms with Crippen molar-refractivity contribution in [1.29, 1.82) is 0 Å². The van der Waals surface area contributed by atoms with Gasteiger partial charge in [-0.05, 0) is 83.8 Å². The number of thiophene rings is 4. The van der Waals surface area contributed by atoms with Gasteiger partial charge in [0.05, 0.1) is 0 Å². The molecule has 30 heavy (non-hydrogen) atoms. The minimum atomic E-state index is 1.14. The molecule has 148 valence electrons. The summed E-state index contributed by atoms with van der Waals surface area (Å²) in [4.78, 5) is 2.79. The van der Waals surface area contributed by atoms with Crippen molar-refractivity contribution in [2.45, 2.75) is 26.2 Å². The lowest BCUT2D eigenvalue weighted by Gasteiger charge is -2.03. The molecule has 0 nitrogen and oxygen atoms in total. The lowest BCUT2D eigenvalue weighted by molar-refractivity contribution is 0.827. The quantitative estimate of drug-likeness (QED) is 0.240. The van der Waals surface area contributed by atoms with Crippen LogP contribution in [0.3, 0.4) is 0 Å². The zero-order valence-corrected chi connectivity index (χ0v) is 19.9. The third-order valence-electron chi connectivity index (χ3n) is 5.72. The smallest absolute Gasteiger partial charge is 0.0356 e. The van der Waals surface area contributed by atoms with E-state index in [9.17, 15) is 0 Å². The average molecular weight is 461 g/mol. The summed E-state index contributed by atoms with van der Waals surface area (Å²) in [5, 5.41) is 10.0. The van der Waals surface area contributed by atoms with E-state index in [4.69, 9.17) is 0 Å². The Hall–Kier alpha value is -1.98. The summed E-state index contributed by atoms with van der Waals surface area (Å²) in [5.74, 6) is 0. The van der Waals surface area contributed by atoms with E-state index in [1.165, 1.54) is 68.5 Å². The number of hydrogen-bond acceptors (Lipinski definition) is 4. The summed E-state index contributed by atoms with van der Waals surface area (Å²) in [5.41, 5.74) is 1.48. The zero-order chi connectivity index (χ0) is 20.1. The molecule has 0 bridgehead atoms. The Kier molecular flexibility index (Phi) is 4.76. The fourth-order valence-corrected chi connectivity index (χ4v) is 7.95. The number of fused-ring (bicyclic) bond motifs is 6. The van der Waals surface area contributed by atoms with Gasteiger partial charge in [-0.15, -0.1) is 45.3 Å². The predicted octanol–water partition coefficient (Wildman–Crippen LogP) is 10.3. The van der Waals surface area contributed by atoms with Crippen LogP contribution in [0.1, 0.15) is 35.9 Å². The van der Waals surface area contributed by atoms with Gasteiger partial charge in [-0.1, -0.05) is 13.3 Å². The van der Waals surface area contributed by atoms with E-state index in [2.05, 4.69) is 72.3 Å². The van der Waals surface area contributed by atoms with Crippen molar-refractivity contribution in [1.82, 2.24) is 0 Å². The van der Waals surface area contributed by atoms with Gasteiger partial charge in [-0.25, -0.2) is 0 Å². The number of unbranched alkanes of at least 4 members (excludes halogenated alkanes) is 1. The fourth-order valence-electron chi connectivity index (χ4n) is 4.18. The Labute approximate surface area is 191 Å². The first kappa shape index (κ1) is 18.8. The fraction of sp³-hybridized carbons (Fsp3) is 0.154. The summed E-state index contributed by atoms with van der Waals surface area (Å²) in [6, 6.07) is 18.5. The molecule has 4 aromatic heterocycles. The molecule has 0 N–H and O–H groups in total. The van der Waals surface area contributed by atoms with Gasteiger partial charge in [0.15, 0.2) is 0 Å². The first-order valence-electron chi connectivity index (χ1n) is 10.3. The molecule has 0 aliphatic carbocycles. The van der Waals surface area contributed by atoms with Crippen molar-refractivity contribution >= 4 is 97.3 Å². The minimum Gasteiger partial charge on any atom is -0.144 e. The molecule has 0 radical (unpaired) electrons. The second-order valence-electron chi connectivity index (χ2n) is 7.65. The molecule has 2 aromatic carbocycles. The standard InChI is InChI=1S/C26H20S4/c1-2-3-4-16(26-15-21-19-10-12-28-23(19)6-8-25(21)30-26)13-17-14-20-18-9-11-27-22(18)5-7-24(20)29-17/h5-15H,2-4H2,1H3/b16-13-. The van der Waals surface area contributed by atoms with Crippen LogP contribution in [0.5, 0.6) is 0 Å². The maximum absolute atomic E-state index is 2.45. The van der Waals surface area contributed by atoms with Crippen LogP contribution in [0.4, 0.5) is 0 Å². The van der Waals surface area contributed by atoms with E-state index in [1.54, 1.807) is 0 Å². The molecule has 0 amide bonds. The summed E-state index contributed by atoms with van der Waals surface area (Å²) >= 11 is 7.53. The molecule has 4 heterocycles. The largest absolute Gasteiger partial charge is 0.144 e. The van der Waals surface area contributed by atoms with Crippen molar-refractivity contribution in [3.05, 3.63) is 69.0 Å². The minimum absolute atomic E-state index is 1.14. The van der Waals surface area contributed by atoms with E-state index in [1.807, 2.05) is 45.3 Å². The van der Waals surface area contributed by atoms with Crippen molar-refractivity contribution in [3.63, 3.8) is 0 Å². The predicted molar refractivity (Wildman–Crippen MR) is 142 cm³/mol. The molecule has 0 atom stereocenters. The van der Waals surface area contributed by atoms with Gasteiger partial charge < -0.3 is 0 Å². The number of hydrogen-bond donors (Lipinski definition) is 0. The zero-order valence-electron chi connectivity index (χ0n) is 16.6. The highest BCUT2D eigenvalue weighted by molar-refractivity contribution is 7.22. The molecule has 0 saturated carbocycles. The van der Waals surface area contributed by atoms with Gasteiger partial charge in [-0.2, -0.15) is 0 Å². The summed E-state index contributed by atoms with van der Waals surface area (Å²) in [6.45, 7) is 2.28. The van der Waals surface area contributed by atoms with Crippen molar-refractivity contribution in [3.8, 4) is 0 Å². The topological polar surface area (TPSA) is 0 Å². The Morgan fingerprint density at radius 3 is 2.07 bits per heavy atom. The molecule has 0 aliphatic heterocycles. The number of allylic oxidation sites excluding steroid dienone is 1. The lowest BCUT2D eigenvalue weighted by atomic mass is 10.0. The van der Waals surface area contributed by atoms with Gasteiger partial charge in [-0.3, -0.25) is 0 Å². The molecule has 0 unspecified atom stereocenters. The Balaban J connectivity index is 1.49. The molecule has 0 saturated heterocycles. The van der Waals surface area contributed by atoms with E-state index >= 15 is 0 Å². The molecule has 0 fully saturated rings. The maximum atomic E-state index is 2.45. The van der Waals surface area contributed by atoms with Crippen LogP contribution in [0.2, 0.25) is 0 Å². The van der Waals surface area contributed by atoms with Gasteiger partial charge >= 0.3 is 0 Å². The van der Waals surface area contributed by atoms with Gasteiger partial charge in [0.25, 0.3) is 0 Å². The maximum Gasteiger partial charge on any atom is 0.0356 e. The summed E-state index contributed by atoms with van der Waals surface area (Å²) in [6.07, 6.45) is 6.04. The highest BCUT2D eigenvalue weighted by atomic mass is 32.1. The highest BCUT2D eigenvalue weighted by Gasteiger charge is 2.12. The third-order valence-corrected chi connectivity index (χ3v) is 9.70. The van der Waals surface area contributed by atoms with Crippen LogP contribution in [0.15, 0.2) is 59.3 Å². The summed E-state index contributed by atoms with van der Waals surface area (Å²) < 4.78 is 5.55. The average Bonchev–Trinajstić information content (AvgIpc) is 3.53. The van der Waals surface area contributed by atoms with E-state index < -0.39 is 0 Å². The Morgan fingerprint density at radius 2 is 1.37 bits per heavy atom.